The van der Waals surface area contributed by atoms with E-state index in [2.05, 4.69) is 5.32 Å². The predicted molar refractivity (Wildman–Crippen MR) is 108 cm³/mol. The van der Waals surface area contributed by atoms with E-state index < -0.39 is 0 Å². The minimum Gasteiger partial charge on any atom is -0.399 e. The molecule has 27 heavy (non-hydrogen) atoms. The Kier molecular flexibility index (Phi) is 5.39. The molecule has 0 bridgehead atoms. The molecular weight excluding hydrogens is 342 g/mol. The molecule has 142 valence electrons. The summed E-state index contributed by atoms with van der Waals surface area (Å²) in [6.07, 6.45) is 2.90. The van der Waals surface area contributed by atoms with Gasteiger partial charge in [-0.2, -0.15) is 0 Å². The molecule has 2 unspecified atom stereocenters. The van der Waals surface area contributed by atoms with E-state index >= 15 is 0 Å². The molecule has 3 rings (SSSR count). The van der Waals surface area contributed by atoms with Gasteiger partial charge in [-0.1, -0.05) is 6.07 Å². The highest BCUT2D eigenvalue weighted by Gasteiger charge is 2.37. The van der Waals surface area contributed by atoms with Crippen LogP contribution in [0.4, 0.5) is 28.4 Å². The average molecular weight is 369 g/mol. The highest BCUT2D eigenvalue weighted by atomic mass is 16.3. The van der Waals surface area contributed by atoms with Gasteiger partial charge in [0, 0.05) is 63.4 Å². The molecule has 2 aromatic rings. The Bertz CT molecular complexity index is 881. The van der Waals surface area contributed by atoms with Crippen molar-refractivity contribution in [2.75, 3.05) is 16.8 Å². The molecule has 2 atom stereocenters. The van der Waals surface area contributed by atoms with Crippen molar-refractivity contribution in [2.45, 2.75) is 51.7 Å². The number of rotatable bonds is 7. The summed E-state index contributed by atoms with van der Waals surface area (Å²) in [6.45, 7) is 3.83. The quantitative estimate of drug-likeness (QED) is 0.382. The number of aryl methyl sites for hydroxylation is 1. The molecule has 0 saturated carbocycles. The number of nitrogen functional groups attached to an aromatic ring is 2. The molecular formula is C20H27N5O2+2. The van der Waals surface area contributed by atoms with E-state index in [1.165, 1.54) is 0 Å². The highest BCUT2D eigenvalue weighted by Crippen LogP contribution is 2.35. The lowest BCUT2D eigenvalue weighted by Gasteiger charge is -2.07. The van der Waals surface area contributed by atoms with Gasteiger partial charge < -0.3 is 16.8 Å². The summed E-state index contributed by atoms with van der Waals surface area (Å²) in [5.41, 5.74) is 15.8. The molecule has 5 N–H and O–H groups in total. The van der Waals surface area contributed by atoms with E-state index in [0.29, 0.717) is 29.2 Å². The van der Waals surface area contributed by atoms with Crippen molar-refractivity contribution in [1.29, 1.82) is 0 Å². The van der Waals surface area contributed by atoms with Crippen LogP contribution in [0.3, 0.4) is 0 Å². The first-order chi connectivity index (χ1) is 12.9. The second-order valence-electron chi connectivity index (χ2n) is 7.27. The van der Waals surface area contributed by atoms with Gasteiger partial charge in [0.1, 0.15) is 5.69 Å². The summed E-state index contributed by atoms with van der Waals surface area (Å²) in [7, 11) is 0. The van der Waals surface area contributed by atoms with Crippen molar-refractivity contribution < 1.29 is 9.52 Å². The van der Waals surface area contributed by atoms with E-state index in [0.717, 1.165) is 40.0 Å². The highest BCUT2D eigenvalue weighted by molar-refractivity contribution is 5.69. The third-order valence-corrected chi connectivity index (χ3v) is 5.08. The fraction of sp³-hybridized carbons (Fsp3) is 0.400. The Balaban J connectivity index is 1.48. The van der Waals surface area contributed by atoms with Crippen LogP contribution < -0.4 is 16.8 Å². The lowest BCUT2D eigenvalue weighted by Crippen LogP contribution is -2.23. The summed E-state index contributed by atoms with van der Waals surface area (Å²) in [6, 6.07) is 10.5. The van der Waals surface area contributed by atoms with Crippen LogP contribution in [0, 0.1) is 16.7 Å². The standard InChI is InChI=1S/C20H27N5O2/c1-13-7-8-16(22)12-19(13)24(26)14(2)5-3-4-6-20-23-17-11-15(21)9-10-18(17)25(20)27/h7-12,14,20,23H,3-6,21-22H2,1-2H3/q+2. The lowest BCUT2D eigenvalue weighted by atomic mass is 10.1. The first kappa shape index (κ1) is 18.8. The molecule has 0 radical (unpaired) electrons. The van der Waals surface area contributed by atoms with Crippen LogP contribution in [0.2, 0.25) is 0 Å². The van der Waals surface area contributed by atoms with E-state index in [4.69, 9.17) is 11.5 Å². The van der Waals surface area contributed by atoms with Gasteiger partial charge in [0.15, 0.2) is 0 Å². The molecule has 1 aliphatic heterocycles. The predicted octanol–water partition coefficient (Wildman–Crippen LogP) is 4.38. The molecule has 0 amide bonds. The maximum atomic E-state index is 12.6. The van der Waals surface area contributed by atoms with Crippen molar-refractivity contribution in [1.82, 2.24) is 0 Å². The Hall–Kier alpha value is -2.96. The molecule has 0 spiro atoms. The Morgan fingerprint density at radius 3 is 2.63 bits per heavy atom. The first-order valence-electron chi connectivity index (χ1n) is 9.31. The van der Waals surface area contributed by atoms with Crippen LogP contribution in [0.25, 0.3) is 0 Å². The van der Waals surface area contributed by atoms with E-state index in [-0.39, 0.29) is 12.2 Å². The Morgan fingerprint density at radius 1 is 1.15 bits per heavy atom. The number of nitrogens with one attached hydrogen (secondary N) is 1. The van der Waals surface area contributed by atoms with Crippen LogP contribution >= 0.6 is 0 Å². The number of hydrogen-bond donors (Lipinski definition) is 3. The number of anilines is 3. The van der Waals surface area contributed by atoms with Crippen LogP contribution in [0.1, 0.15) is 38.2 Å². The van der Waals surface area contributed by atoms with Gasteiger partial charge >= 0.3 is 0 Å². The third-order valence-electron chi connectivity index (χ3n) is 5.08. The number of benzene rings is 2. The molecule has 1 heterocycles. The number of hydrogen-bond acceptors (Lipinski definition) is 5. The molecule has 2 aromatic carbocycles. The molecule has 1 aliphatic rings. The smallest absolute Gasteiger partial charge is 0.281 e. The van der Waals surface area contributed by atoms with E-state index in [9.17, 15) is 9.81 Å². The lowest BCUT2D eigenvalue weighted by molar-refractivity contribution is -0.503. The molecule has 0 aliphatic carbocycles. The number of nitrogens with zero attached hydrogens (tertiary/aromatic N) is 2. The number of unbranched alkanes of at least 4 members (excludes halogenated alkanes) is 1. The monoisotopic (exact) mass is 369 g/mol. The first-order valence-corrected chi connectivity index (χ1v) is 9.31. The SMILES string of the molecule is Cc1ccc(N)cc1[N+](=O)C(C)CCCCC1Nc2cc(N)ccc2[N+]1=O. The average Bonchev–Trinajstić information content (AvgIpc) is 2.95. The van der Waals surface area contributed by atoms with E-state index in [1.54, 1.807) is 30.3 Å². The molecule has 7 nitrogen and oxygen atoms in total. The van der Waals surface area contributed by atoms with Gasteiger partial charge in [-0.05, 0) is 38.0 Å². The Labute approximate surface area is 158 Å². The van der Waals surface area contributed by atoms with Crippen molar-refractivity contribution in [3.05, 3.63) is 51.8 Å². The number of fused-ring (bicyclic) bond motifs is 1. The minimum atomic E-state index is -0.281. The second kappa shape index (κ2) is 7.73. The summed E-state index contributed by atoms with van der Waals surface area (Å²) in [5.74, 6) is 0. The largest absolute Gasteiger partial charge is 0.399 e. The molecule has 0 saturated heterocycles. The van der Waals surface area contributed by atoms with Gasteiger partial charge in [0.25, 0.3) is 17.5 Å². The van der Waals surface area contributed by atoms with Crippen LogP contribution in [-0.4, -0.2) is 21.7 Å². The zero-order valence-electron chi connectivity index (χ0n) is 15.8. The van der Waals surface area contributed by atoms with Crippen molar-refractivity contribution >= 4 is 28.4 Å². The van der Waals surface area contributed by atoms with Crippen LogP contribution in [0.15, 0.2) is 36.4 Å². The van der Waals surface area contributed by atoms with Gasteiger partial charge in [0.2, 0.25) is 6.04 Å². The van der Waals surface area contributed by atoms with Crippen molar-refractivity contribution in [3.8, 4) is 0 Å². The topological polar surface area (TPSA) is 104 Å². The maximum absolute atomic E-state index is 12.6. The number of nitroso groups, excluding NO2 is 2. The minimum absolute atomic E-state index is 0.151. The number of nitrogens with two attached hydrogens (primary N) is 2. The zero-order chi connectivity index (χ0) is 19.6. The molecule has 0 aromatic heterocycles. The van der Waals surface area contributed by atoms with Gasteiger partial charge in [-0.3, -0.25) is 0 Å². The van der Waals surface area contributed by atoms with Crippen molar-refractivity contribution in [2.24, 2.45) is 0 Å². The molecule has 0 fully saturated rings. The summed E-state index contributed by atoms with van der Waals surface area (Å²) in [5, 5.41) is 3.22. The van der Waals surface area contributed by atoms with Gasteiger partial charge in [-0.25, -0.2) is 0 Å². The second-order valence-corrected chi connectivity index (χ2v) is 7.27. The summed E-state index contributed by atoms with van der Waals surface area (Å²) >= 11 is 0. The van der Waals surface area contributed by atoms with Gasteiger partial charge in [0.05, 0.1) is 4.76 Å². The van der Waals surface area contributed by atoms with Crippen molar-refractivity contribution in [3.63, 3.8) is 0 Å². The fourth-order valence-corrected chi connectivity index (χ4v) is 3.45. The van der Waals surface area contributed by atoms with Crippen LogP contribution in [-0.2, 0) is 0 Å². The third kappa shape index (κ3) is 4.07. The summed E-state index contributed by atoms with van der Waals surface area (Å²) in [4.78, 5) is 24.9. The molecule has 7 heteroatoms. The zero-order valence-corrected chi connectivity index (χ0v) is 15.8. The normalized spacial score (nSPS) is 16.7. The summed E-state index contributed by atoms with van der Waals surface area (Å²) < 4.78 is 2.05. The van der Waals surface area contributed by atoms with Crippen LogP contribution in [0.5, 0.6) is 0 Å². The fourth-order valence-electron chi connectivity index (χ4n) is 3.45. The maximum Gasteiger partial charge on any atom is 0.281 e. The van der Waals surface area contributed by atoms with Gasteiger partial charge in [-0.15, -0.1) is 0 Å². The Morgan fingerprint density at radius 2 is 1.85 bits per heavy atom. The van der Waals surface area contributed by atoms with E-state index in [1.807, 2.05) is 19.9 Å².